The maximum atomic E-state index is 13.0. The Kier molecular flexibility index (Phi) is 5.80. The molecule has 0 bridgehead atoms. The average molecular weight is 399 g/mol. The van der Waals surface area contributed by atoms with Gasteiger partial charge in [0, 0.05) is 19.6 Å². The van der Waals surface area contributed by atoms with Crippen molar-refractivity contribution in [3.63, 3.8) is 0 Å². The number of hydrogen-bond acceptors (Lipinski definition) is 4. The highest BCUT2D eigenvalue weighted by molar-refractivity contribution is 7.89. The van der Waals surface area contributed by atoms with Crippen molar-refractivity contribution in [2.75, 3.05) is 31.9 Å². The van der Waals surface area contributed by atoms with E-state index in [-0.39, 0.29) is 5.75 Å². The van der Waals surface area contributed by atoms with Crippen molar-refractivity contribution in [1.29, 1.82) is 0 Å². The summed E-state index contributed by atoms with van der Waals surface area (Å²) in [5.74, 6) is 1.08. The summed E-state index contributed by atoms with van der Waals surface area (Å²) in [6.45, 7) is 3.48. The van der Waals surface area contributed by atoms with E-state index in [4.69, 9.17) is 4.42 Å². The van der Waals surface area contributed by atoms with Crippen LogP contribution in [0, 0.1) is 0 Å². The summed E-state index contributed by atoms with van der Waals surface area (Å²) in [6.07, 6.45) is 3.06. The number of sulfonamides is 1. The van der Waals surface area contributed by atoms with Gasteiger partial charge in [0.15, 0.2) is 0 Å². The minimum absolute atomic E-state index is 0.152. The van der Waals surface area contributed by atoms with Crippen LogP contribution in [0.1, 0.15) is 17.7 Å². The first-order valence-electron chi connectivity index (χ1n) is 9.81. The van der Waals surface area contributed by atoms with Crippen LogP contribution in [0.2, 0.25) is 0 Å². The molecule has 4 rings (SSSR count). The van der Waals surface area contributed by atoms with E-state index in [0.29, 0.717) is 19.5 Å². The Morgan fingerprint density at radius 3 is 2.61 bits per heavy atom. The SMILES string of the molecule is O=S(=O)(CCc1cccc2ccccc12)N1CCCN(Cc2ccco2)CC1. The van der Waals surface area contributed by atoms with Gasteiger partial charge in [-0.25, -0.2) is 12.7 Å². The van der Waals surface area contributed by atoms with Gasteiger partial charge in [-0.2, -0.15) is 0 Å². The third-order valence-electron chi connectivity index (χ3n) is 5.41. The molecule has 1 aliphatic heterocycles. The van der Waals surface area contributed by atoms with Crippen molar-refractivity contribution in [3.05, 3.63) is 72.2 Å². The summed E-state index contributed by atoms with van der Waals surface area (Å²) in [5.41, 5.74) is 1.09. The number of fused-ring (bicyclic) bond motifs is 1. The van der Waals surface area contributed by atoms with E-state index in [1.165, 1.54) is 0 Å². The topological polar surface area (TPSA) is 53.8 Å². The molecule has 2 aromatic carbocycles. The van der Waals surface area contributed by atoms with E-state index < -0.39 is 10.0 Å². The van der Waals surface area contributed by atoms with E-state index in [0.717, 1.165) is 48.2 Å². The number of hydrogen-bond donors (Lipinski definition) is 0. The summed E-state index contributed by atoms with van der Waals surface area (Å²) in [5, 5.41) is 2.29. The lowest BCUT2D eigenvalue weighted by Gasteiger charge is -2.21. The maximum Gasteiger partial charge on any atom is 0.214 e. The number of nitrogens with zero attached hydrogens (tertiary/aromatic N) is 2. The van der Waals surface area contributed by atoms with Crippen molar-refractivity contribution >= 4 is 20.8 Å². The van der Waals surface area contributed by atoms with Crippen molar-refractivity contribution < 1.29 is 12.8 Å². The zero-order chi connectivity index (χ0) is 19.4. The van der Waals surface area contributed by atoms with Crippen LogP contribution in [0.25, 0.3) is 10.8 Å². The molecule has 0 saturated carbocycles. The molecule has 1 aliphatic rings. The molecule has 1 saturated heterocycles. The van der Waals surface area contributed by atoms with E-state index in [2.05, 4.69) is 23.1 Å². The molecule has 28 heavy (non-hydrogen) atoms. The van der Waals surface area contributed by atoms with Crippen LogP contribution in [0.4, 0.5) is 0 Å². The Morgan fingerprint density at radius 1 is 0.893 bits per heavy atom. The fraction of sp³-hybridized carbons (Fsp3) is 0.364. The van der Waals surface area contributed by atoms with Crippen LogP contribution in [0.3, 0.4) is 0 Å². The highest BCUT2D eigenvalue weighted by atomic mass is 32.2. The Balaban J connectivity index is 1.39. The lowest BCUT2D eigenvalue weighted by molar-refractivity contribution is 0.255. The smallest absolute Gasteiger partial charge is 0.214 e. The van der Waals surface area contributed by atoms with Crippen molar-refractivity contribution in [2.24, 2.45) is 0 Å². The van der Waals surface area contributed by atoms with Crippen molar-refractivity contribution in [1.82, 2.24) is 9.21 Å². The first kappa shape index (κ1) is 19.2. The Bertz CT molecular complexity index is 1010. The second kappa shape index (κ2) is 8.47. The van der Waals surface area contributed by atoms with Gasteiger partial charge in [0.05, 0.1) is 18.6 Å². The van der Waals surface area contributed by atoms with Gasteiger partial charge in [-0.1, -0.05) is 42.5 Å². The van der Waals surface area contributed by atoms with Crippen molar-refractivity contribution in [3.8, 4) is 0 Å². The van der Waals surface area contributed by atoms with Crippen LogP contribution < -0.4 is 0 Å². The van der Waals surface area contributed by atoms with Gasteiger partial charge in [-0.3, -0.25) is 4.90 Å². The summed E-state index contributed by atoms with van der Waals surface area (Å²) >= 11 is 0. The quantitative estimate of drug-likeness (QED) is 0.638. The number of furan rings is 1. The lowest BCUT2D eigenvalue weighted by atomic mass is 10.0. The largest absolute Gasteiger partial charge is 0.468 e. The molecule has 2 heterocycles. The molecule has 0 atom stereocenters. The molecule has 5 nitrogen and oxygen atoms in total. The van der Waals surface area contributed by atoms with E-state index in [1.807, 2.05) is 36.4 Å². The Labute approximate surface area is 166 Å². The third kappa shape index (κ3) is 4.46. The molecular weight excluding hydrogens is 372 g/mol. The van der Waals surface area contributed by atoms with Gasteiger partial charge >= 0.3 is 0 Å². The number of benzene rings is 2. The molecule has 1 fully saturated rings. The second-order valence-electron chi connectivity index (χ2n) is 7.31. The van der Waals surface area contributed by atoms with Gasteiger partial charge in [-0.05, 0) is 47.9 Å². The van der Waals surface area contributed by atoms with Gasteiger partial charge in [-0.15, -0.1) is 0 Å². The molecule has 1 aromatic heterocycles. The predicted octanol–water partition coefficient (Wildman–Crippen LogP) is 3.51. The number of aryl methyl sites for hydroxylation is 1. The minimum atomic E-state index is -3.28. The molecule has 3 aromatic rings. The zero-order valence-corrected chi connectivity index (χ0v) is 16.8. The summed E-state index contributed by atoms with van der Waals surface area (Å²) in [6, 6.07) is 18.1. The highest BCUT2D eigenvalue weighted by Gasteiger charge is 2.25. The molecule has 0 amide bonds. The van der Waals surface area contributed by atoms with E-state index >= 15 is 0 Å². The van der Waals surface area contributed by atoms with Crippen molar-refractivity contribution in [2.45, 2.75) is 19.4 Å². The van der Waals surface area contributed by atoms with Crippen LogP contribution in [-0.2, 0) is 23.0 Å². The summed E-state index contributed by atoms with van der Waals surface area (Å²) in [4.78, 5) is 2.26. The van der Waals surface area contributed by atoms with Crippen LogP contribution in [-0.4, -0.2) is 49.6 Å². The van der Waals surface area contributed by atoms with E-state index in [9.17, 15) is 8.42 Å². The summed E-state index contributed by atoms with van der Waals surface area (Å²) < 4.78 is 33.0. The molecule has 0 aliphatic carbocycles. The Morgan fingerprint density at radius 2 is 1.75 bits per heavy atom. The first-order chi connectivity index (χ1) is 13.6. The van der Waals surface area contributed by atoms with Crippen LogP contribution in [0.5, 0.6) is 0 Å². The third-order valence-corrected chi connectivity index (χ3v) is 7.28. The second-order valence-corrected chi connectivity index (χ2v) is 9.40. The van der Waals surface area contributed by atoms with E-state index in [1.54, 1.807) is 10.6 Å². The van der Waals surface area contributed by atoms with Gasteiger partial charge in [0.25, 0.3) is 0 Å². The minimum Gasteiger partial charge on any atom is -0.468 e. The standard InChI is InChI=1S/C22H26N2O3S/c25-28(26,17-11-20-8-3-7-19-6-1-2-10-22(19)20)24-13-5-12-23(14-15-24)18-21-9-4-16-27-21/h1-4,6-10,16H,5,11-15,17-18H2. The van der Waals surface area contributed by atoms with Crippen LogP contribution in [0.15, 0.2) is 65.3 Å². The number of rotatable bonds is 6. The highest BCUT2D eigenvalue weighted by Crippen LogP contribution is 2.20. The zero-order valence-electron chi connectivity index (χ0n) is 16.0. The maximum absolute atomic E-state index is 13.0. The molecule has 148 valence electrons. The fourth-order valence-corrected chi connectivity index (χ4v) is 5.39. The van der Waals surface area contributed by atoms with Gasteiger partial charge < -0.3 is 4.42 Å². The molecule has 0 N–H and O–H groups in total. The first-order valence-corrected chi connectivity index (χ1v) is 11.4. The molecule has 0 spiro atoms. The molecule has 0 unspecified atom stereocenters. The molecule has 6 heteroatoms. The van der Waals surface area contributed by atoms with Gasteiger partial charge in [0.2, 0.25) is 10.0 Å². The average Bonchev–Trinajstić information content (AvgIpc) is 3.09. The fourth-order valence-electron chi connectivity index (χ4n) is 3.88. The van der Waals surface area contributed by atoms with Crippen LogP contribution >= 0.6 is 0 Å². The van der Waals surface area contributed by atoms with Gasteiger partial charge in [0.1, 0.15) is 5.76 Å². The normalized spacial score (nSPS) is 17.0. The lowest BCUT2D eigenvalue weighted by Crippen LogP contribution is -2.37. The monoisotopic (exact) mass is 398 g/mol. The summed E-state index contributed by atoms with van der Waals surface area (Å²) in [7, 11) is -3.28. The predicted molar refractivity (Wildman–Crippen MR) is 112 cm³/mol. The molecular formula is C22H26N2O3S. The Hall–Kier alpha value is -2.15. The molecule has 0 radical (unpaired) electrons.